The SMILES string of the molecule is CC(C)CN(c1ccc(C(=N)N)cc1)C(C)C. The van der Waals surface area contributed by atoms with E-state index in [0.29, 0.717) is 12.0 Å². The van der Waals surface area contributed by atoms with Crippen LogP contribution in [-0.2, 0) is 0 Å². The van der Waals surface area contributed by atoms with Crippen LogP contribution in [0.2, 0.25) is 0 Å². The van der Waals surface area contributed by atoms with E-state index in [1.165, 1.54) is 5.69 Å². The summed E-state index contributed by atoms with van der Waals surface area (Å²) >= 11 is 0. The molecule has 0 amide bonds. The van der Waals surface area contributed by atoms with E-state index in [4.69, 9.17) is 11.1 Å². The molecule has 0 saturated carbocycles. The van der Waals surface area contributed by atoms with Gasteiger partial charge in [-0.15, -0.1) is 0 Å². The second-order valence-corrected chi connectivity index (χ2v) is 5.10. The lowest BCUT2D eigenvalue weighted by atomic mass is 10.1. The van der Waals surface area contributed by atoms with Crippen molar-refractivity contribution in [2.75, 3.05) is 11.4 Å². The standard InChI is InChI=1S/C14H23N3/c1-10(2)9-17(11(3)4)13-7-5-12(6-8-13)14(15)16/h5-8,10-11H,9H2,1-4H3,(H3,15,16). The second-order valence-electron chi connectivity index (χ2n) is 5.10. The lowest BCUT2D eigenvalue weighted by Gasteiger charge is -2.30. The maximum absolute atomic E-state index is 7.37. The minimum atomic E-state index is 0.122. The third kappa shape index (κ3) is 3.77. The number of nitrogens with two attached hydrogens (primary N) is 1. The zero-order chi connectivity index (χ0) is 13.0. The van der Waals surface area contributed by atoms with Gasteiger partial charge in [0, 0.05) is 23.8 Å². The van der Waals surface area contributed by atoms with E-state index in [1.807, 2.05) is 24.3 Å². The van der Waals surface area contributed by atoms with E-state index in [-0.39, 0.29) is 5.84 Å². The van der Waals surface area contributed by atoms with Gasteiger partial charge in [-0.05, 0) is 44.0 Å². The maximum Gasteiger partial charge on any atom is 0.122 e. The average Bonchev–Trinajstić information content (AvgIpc) is 2.25. The molecule has 0 aliphatic carbocycles. The van der Waals surface area contributed by atoms with Gasteiger partial charge in [0.15, 0.2) is 0 Å². The van der Waals surface area contributed by atoms with E-state index >= 15 is 0 Å². The number of anilines is 1. The Hall–Kier alpha value is -1.51. The molecule has 0 spiro atoms. The highest BCUT2D eigenvalue weighted by molar-refractivity contribution is 5.95. The molecule has 0 saturated heterocycles. The van der Waals surface area contributed by atoms with Crippen molar-refractivity contribution in [2.45, 2.75) is 33.7 Å². The van der Waals surface area contributed by atoms with Crippen molar-refractivity contribution in [1.82, 2.24) is 0 Å². The third-order valence-electron chi connectivity index (χ3n) is 2.70. The van der Waals surface area contributed by atoms with Crippen LogP contribution in [0.3, 0.4) is 0 Å². The number of hydrogen-bond donors (Lipinski definition) is 2. The minimum Gasteiger partial charge on any atom is -0.384 e. The molecule has 0 aliphatic heterocycles. The lowest BCUT2D eigenvalue weighted by Crippen LogP contribution is -2.34. The third-order valence-corrected chi connectivity index (χ3v) is 2.70. The Bertz CT molecular complexity index is 366. The number of hydrogen-bond acceptors (Lipinski definition) is 2. The fourth-order valence-corrected chi connectivity index (χ4v) is 1.84. The first-order valence-corrected chi connectivity index (χ1v) is 6.13. The summed E-state index contributed by atoms with van der Waals surface area (Å²) < 4.78 is 0. The van der Waals surface area contributed by atoms with Crippen LogP contribution in [-0.4, -0.2) is 18.4 Å². The van der Waals surface area contributed by atoms with Crippen molar-refractivity contribution in [3.63, 3.8) is 0 Å². The topological polar surface area (TPSA) is 53.1 Å². The van der Waals surface area contributed by atoms with Crippen molar-refractivity contribution >= 4 is 11.5 Å². The molecule has 0 aliphatic rings. The van der Waals surface area contributed by atoms with Gasteiger partial charge in [0.05, 0.1) is 0 Å². The fourth-order valence-electron chi connectivity index (χ4n) is 1.84. The summed E-state index contributed by atoms with van der Waals surface area (Å²) in [6.45, 7) is 9.87. The highest BCUT2D eigenvalue weighted by atomic mass is 15.1. The molecular weight excluding hydrogens is 210 g/mol. The molecule has 94 valence electrons. The van der Waals surface area contributed by atoms with Gasteiger partial charge in [-0.3, -0.25) is 5.41 Å². The average molecular weight is 233 g/mol. The van der Waals surface area contributed by atoms with Crippen LogP contribution < -0.4 is 10.6 Å². The van der Waals surface area contributed by atoms with Crippen LogP contribution in [0.1, 0.15) is 33.3 Å². The van der Waals surface area contributed by atoms with Crippen molar-refractivity contribution < 1.29 is 0 Å². The van der Waals surface area contributed by atoms with E-state index in [1.54, 1.807) is 0 Å². The first-order chi connectivity index (χ1) is 7.91. The van der Waals surface area contributed by atoms with Crippen LogP contribution >= 0.6 is 0 Å². The molecule has 0 atom stereocenters. The Morgan fingerprint density at radius 1 is 1.18 bits per heavy atom. The van der Waals surface area contributed by atoms with Gasteiger partial charge in [0.2, 0.25) is 0 Å². The molecule has 0 fully saturated rings. The number of nitrogens with one attached hydrogen (secondary N) is 1. The van der Waals surface area contributed by atoms with Gasteiger partial charge in [0.25, 0.3) is 0 Å². The van der Waals surface area contributed by atoms with Crippen LogP contribution in [0.25, 0.3) is 0 Å². The summed E-state index contributed by atoms with van der Waals surface area (Å²) in [6, 6.07) is 8.37. The zero-order valence-corrected chi connectivity index (χ0v) is 11.2. The molecule has 0 aromatic heterocycles. The molecule has 3 N–H and O–H groups in total. The Morgan fingerprint density at radius 2 is 1.71 bits per heavy atom. The highest BCUT2D eigenvalue weighted by Crippen LogP contribution is 2.19. The summed E-state index contributed by atoms with van der Waals surface area (Å²) in [4.78, 5) is 2.37. The van der Waals surface area contributed by atoms with Gasteiger partial charge in [0.1, 0.15) is 5.84 Å². The summed E-state index contributed by atoms with van der Waals surface area (Å²) in [5, 5.41) is 7.37. The van der Waals surface area contributed by atoms with Gasteiger partial charge >= 0.3 is 0 Å². The smallest absolute Gasteiger partial charge is 0.122 e. The van der Waals surface area contributed by atoms with Crippen molar-refractivity contribution in [2.24, 2.45) is 11.7 Å². The number of nitrogens with zero attached hydrogens (tertiary/aromatic N) is 1. The molecule has 0 heterocycles. The van der Waals surface area contributed by atoms with Crippen LogP contribution in [0.5, 0.6) is 0 Å². The molecule has 3 heteroatoms. The van der Waals surface area contributed by atoms with Crippen LogP contribution in [0.15, 0.2) is 24.3 Å². The Kier molecular flexibility index (Phi) is 4.55. The molecule has 0 radical (unpaired) electrons. The molecular formula is C14H23N3. The molecule has 0 bridgehead atoms. The Morgan fingerprint density at radius 3 is 2.06 bits per heavy atom. The minimum absolute atomic E-state index is 0.122. The second kappa shape index (κ2) is 5.71. The quantitative estimate of drug-likeness (QED) is 0.607. The van der Waals surface area contributed by atoms with Crippen molar-refractivity contribution in [3.8, 4) is 0 Å². The van der Waals surface area contributed by atoms with Crippen LogP contribution in [0, 0.1) is 11.3 Å². The normalized spacial score (nSPS) is 10.9. The van der Waals surface area contributed by atoms with E-state index < -0.39 is 0 Å². The summed E-state index contributed by atoms with van der Waals surface area (Å²) in [5.74, 6) is 0.751. The van der Waals surface area contributed by atoms with Gasteiger partial charge in [-0.1, -0.05) is 13.8 Å². The van der Waals surface area contributed by atoms with Gasteiger partial charge < -0.3 is 10.6 Å². The monoisotopic (exact) mass is 233 g/mol. The Balaban J connectivity index is 2.91. The zero-order valence-electron chi connectivity index (χ0n) is 11.2. The number of nitrogen functional groups attached to an aromatic ring is 1. The molecule has 1 aromatic carbocycles. The number of rotatable bonds is 5. The van der Waals surface area contributed by atoms with E-state index in [0.717, 1.165) is 12.1 Å². The highest BCUT2D eigenvalue weighted by Gasteiger charge is 2.12. The first-order valence-electron chi connectivity index (χ1n) is 6.13. The summed E-state index contributed by atoms with van der Waals surface area (Å²) in [7, 11) is 0. The predicted octanol–water partition coefficient (Wildman–Crippen LogP) is 2.84. The molecule has 3 nitrogen and oxygen atoms in total. The maximum atomic E-state index is 7.37. The number of amidine groups is 1. The first kappa shape index (κ1) is 13.6. The lowest BCUT2D eigenvalue weighted by molar-refractivity contribution is 0.571. The van der Waals surface area contributed by atoms with Gasteiger partial charge in [-0.2, -0.15) is 0 Å². The Labute approximate surface area is 104 Å². The number of benzene rings is 1. The molecule has 1 aromatic rings. The van der Waals surface area contributed by atoms with Crippen molar-refractivity contribution in [3.05, 3.63) is 29.8 Å². The molecule has 17 heavy (non-hydrogen) atoms. The van der Waals surface area contributed by atoms with Gasteiger partial charge in [-0.25, -0.2) is 0 Å². The van der Waals surface area contributed by atoms with E-state index in [2.05, 4.69) is 32.6 Å². The molecule has 0 unspecified atom stereocenters. The van der Waals surface area contributed by atoms with Crippen molar-refractivity contribution in [1.29, 1.82) is 5.41 Å². The van der Waals surface area contributed by atoms with E-state index in [9.17, 15) is 0 Å². The predicted molar refractivity (Wildman–Crippen MR) is 74.8 cm³/mol. The molecule has 1 rings (SSSR count). The summed E-state index contributed by atoms with van der Waals surface area (Å²) in [6.07, 6.45) is 0. The van der Waals surface area contributed by atoms with Crippen LogP contribution in [0.4, 0.5) is 5.69 Å². The largest absolute Gasteiger partial charge is 0.384 e. The fraction of sp³-hybridized carbons (Fsp3) is 0.500. The summed E-state index contributed by atoms with van der Waals surface area (Å²) in [5.41, 5.74) is 7.42.